The Morgan fingerprint density at radius 3 is 2.55 bits per heavy atom. The first-order valence-electron chi connectivity index (χ1n) is 10.6. The molecule has 0 aliphatic carbocycles. The molecule has 1 aliphatic heterocycles. The summed E-state index contributed by atoms with van der Waals surface area (Å²) in [6.07, 6.45) is 1.83. The number of thiazole rings is 1. The molecular weight excluding hydrogens is 430 g/mol. The Hall–Kier alpha value is -2.06. The van der Waals surface area contributed by atoms with Crippen LogP contribution in [0.1, 0.15) is 51.3 Å². The van der Waals surface area contributed by atoms with Crippen molar-refractivity contribution >= 4 is 40.8 Å². The lowest BCUT2D eigenvalue weighted by atomic mass is 9.93. The molecule has 3 rings (SSSR count). The highest BCUT2D eigenvalue weighted by molar-refractivity contribution is 8.01. The minimum absolute atomic E-state index is 0.0229. The number of amides is 2. The molecule has 0 unspecified atom stereocenters. The highest BCUT2D eigenvalue weighted by atomic mass is 32.2. The minimum atomic E-state index is -0.487. The minimum Gasteiger partial charge on any atom is -0.444 e. The van der Waals surface area contributed by atoms with E-state index in [4.69, 9.17) is 4.74 Å². The maximum absolute atomic E-state index is 12.6. The number of carbonyl (C=O) groups is 2. The van der Waals surface area contributed by atoms with Crippen LogP contribution in [0.5, 0.6) is 0 Å². The average Bonchev–Trinajstić information content (AvgIpc) is 3.08. The number of carbonyl (C=O) groups excluding carboxylic acids is 2. The van der Waals surface area contributed by atoms with E-state index in [2.05, 4.69) is 16.4 Å². The third kappa shape index (κ3) is 7.25. The van der Waals surface area contributed by atoms with E-state index in [1.807, 2.05) is 52.1 Å². The van der Waals surface area contributed by atoms with Gasteiger partial charge in [0.2, 0.25) is 5.91 Å². The number of aromatic nitrogens is 1. The summed E-state index contributed by atoms with van der Waals surface area (Å²) in [5, 5.41) is 5.09. The van der Waals surface area contributed by atoms with Crippen molar-refractivity contribution in [1.29, 1.82) is 0 Å². The van der Waals surface area contributed by atoms with Crippen molar-refractivity contribution in [3.63, 3.8) is 0 Å². The standard InChI is InChI=1S/C23H31N3O3S2/c1-15-12-18(31-21-24-16(2)14-30-21)6-7-19(15)25-20(27)13-17-8-10-26(11-9-17)22(28)29-23(3,4)5/h6-7,12,14,17H,8-11,13H2,1-5H3,(H,25,27). The third-order valence-electron chi connectivity index (χ3n) is 5.02. The summed E-state index contributed by atoms with van der Waals surface area (Å²) in [4.78, 5) is 32.1. The quantitative estimate of drug-likeness (QED) is 0.601. The average molecular weight is 462 g/mol. The zero-order chi connectivity index (χ0) is 22.6. The predicted octanol–water partition coefficient (Wildman–Crippen LogP) is 5.89. The Kier molecular flexibility index (Phi) is 7.64. The number of hydrogen-bond acceptors (Lipinski definition) is 6. The zero-order valence-electron chi connectivity index (χ0n) is 18.9. The van der Waals surface area contributed by atoms with Crippen LogP contribution in [-0.2, 0) is 9.53 Å². The Morgan fingerprint density at radius 2 is 1.97 bits per heavy atom. The van der Waals surface area contributed by atoms with Crippen molar-refractivity contribution in [2.75, 3.05) is 18.4 Å². The van der Waals surface area contributed by atoms with Crippen LogP contribution in [0.25, 0.3) is 0 Å². The molecule has 0 bridgehead atoms. The number of nitrogens with one attached hydrogen (secondary N) is 1. The molecule has 0 saturated carbocycles. The largest absolute Gasteiger partial charge is 0.444 e. The Labute approximate surface area is 192 Å². The van der Waals surface area contributed by atoms with Gasteiger partial charge in [-0.15, -0.1) is 11.3 Å². The van der Waals surface area contributed by atoms with E-state index in [1.54, 1.807) is 28.0 Å². The number of nitrogens with zero attached hydrogens (tertiary/aromatic N) is 2. The fourth-order valence-electron chi connectivity index (χ4n) is 3.43. The normalized spacial score (nSPS) is 15.1. The van der Waals surface area contributed by atoms with Crippen molar-refractivity contribution in [1.82, 2.24) is 9.88 Å². The lowest BCUT2D eigenvalue weighted by molar-refractivity contribution is -0.117. The van der Waals surface area contributed by atoms with Crippen molar-refractivity contribution in [2.24, 2.45) is 5.92 Å². The molecule has 0 spiro atoms. The smallest absolute Gasteiger partial charge is 0.410 e. The number of piperidine rings is 1. The number of rotatable bonds is 5. The van der Waals surface area contributed by atoms with Crippen molar-refractivity contribution < 1.29 is 14.3 Å². The van der Waals surface area contributed by atoms with Gasteiger partial charge in [0.05, 0.1) is 0 Å². The number of benzene rings is 1. The van der Waals surface area contributed by atoms with Crippen LogP contribution < -0.4 is 5.32 Å². The number of anilines is 1. The van der Waals surface area contributed by atoms with Crippen LogP contribution in [0.15, 0.2) is 32.8 Å². The van der Waals surface area contributed by atoms with Gasteiger partial charge in [-0.2, -0.15) is 0 Å². The summed E-state index contributed by atoms with van der Waals surface area (Å²) in [6, 6.07) is 6.06. The first-order chi connectivity index (χ1) is 14.6. The van der Waals surface area contributed by atoms with Crippen molar-refractivity contribution in [3.05, 3.63) is 34.8 Å². The summed E-state index contributed by atoms with van der Waals surface area (Å²) < 4.78 is 6.46. The monoisotopic (exact) mass is 461 g/mol. The third-order valence-corrected chi connectivity index (χ3v) is 7.06. The van der Waals surface area contributed by atoms with Crippen molar-refractivity contribution in [3.8, 4) is 0 Å². The van der Waals surface area contributed by atoms with E-state index in [-0.39, 0.29) is 17.9 Å². The summed E-state index contributed by atoms with van der Waals surface area (Å²) in [5.41, 5.74) is 2.42. The van der Waals surface area contributed by atoms with E-state index < -0.39 is 5.60 Å². The first kappa shape index (κ1) is 23.6. The maximum atomic E-state index is 12.6. The molecule has 1 N–H and O–H groups in total. The van der Waals surface area contributed by atoms with E-state index in [0.29, 0.717) is 19.5 Å². The molecule has 0 atom stereocenters. The van der Waals surface area contributed by atoms with Crippen LogP contribution in [0.2, 0.25) is 0 Å². The van der Waals surface area contributed by atoms with Crippen LogP contribution in [0.3, 0.4) is 0 Å². The van der Waals surface area contributed by atoms with E-state index in [0.717, 1.165) is 39.0 Å². The number of ether oxygens (including phenoxy) is 1. The number of likely N-dealkylation sites (tertiary alicyclic amines) is 1. The first-order valence-corrected chi connectivity index (χ1v) is 12.3. The summed E-state index contributed by atoms with van der Waals surface area (Å²) >= 11 is 3.28. The van der Waals surface area contributed by atoms with Crippen molar-refractivity contribution in [2.45, 2.75) is 68.7 Å². The SMILES string of the molecule is Cc1csc(Sc2ccc(NC(=O)CC3CCN(C(=O)OC(C)(C)C)CC3)c(C)c2)n1. The second-order valence-electron chi connectivity index (χ2n) is 9.00. The molecule has 1 aromatic carbocycles. The molecule has 2 amide bonds. The Bertz CT molecular complexity index is 928. The van der Waals surface area contributed by atoms with Crippen LogP contribution >= 0.6 is 23.1 Å². The molecular formula is C23H31N3O3S2. The van der Waals surface area contributed by atoms with Crippen LogP contribution in [0.4, 0.5) is 10.5 Å². The van der Waals surface area contributed by atoms with Crippen LogP contribution in [-0.4, -0.2) is 40.6 Å². The predicted molar refractivity (Wildman–Crippen MR) is 126 cm³/mol. The Balaban J connectivity index is 1.47. The van der Waals surface area contributed by atoms with Gasteiger partial charge in [-0.05, 0) is 77.1 Å². The number of hydrogen-bond donors (Lipinski definition) is 1. The molecule has 1 fully saturated rings. The van der Waals surface area contributed by atoms with E-state index in [9.17, 15) is 9.59 Å². The zero-order valence-corrected chi connectivity index (χ0v) is 20.5. The second-order valence-corrected chi connectivity index (χ2v) is 11.2. The van der Waals surface area contributed by atoms with Crippen LogP contribution in [0, 0.1) is 19.8 Å². The van der Waals surface area contributed by atoms with Gasteiger partial charge in [-0.25, -0.2) is 9.78 Å². The van der Waals surface area contributed by atoms with Gasteiger partial charge in [-0.1, -0.05) is 11.8 Å². The van der Waals surface area contributed by atoms with Gasteiger partial charge < -0.3 is 15.0 Å². The highest BCUT2D eigenvalue weighted by Crippen LogP contribution is 2.32. The molecule has 1 saturated heterocycles. The van der Waals surface area contributed by atoms with Gasteiger partial charge in [0.25, 0.3) is 0 Å². The molecule has 2 aromatic rings. The second kappa shape index (κ2) is 10.0. The summed E-state index contributed by atoms with van der Waals surface area (Å²) in [7, 11) is 0. The fraction of sp³-hybridized carbons (Fsp3) is 0.522. The maximum Gasteiger partial charge on any atom is 0.410 e. The lowest BCUT2D eigenvalue weighted by Gasteiger charge is -2.33. The fourth-order valence-corrected chi connectivity index (χ4v) is 5.34. The molecule has 0 radical (unpaired) electrons. The van der Waals surface area contributed by atoms with Gasteiger partial charge in [-0.3, -0.25) is 4.79 Å². The number of aryl methyl sites for hydroxylation is 2. The molecule has 6 nitrogen and oxygen atoms in total. The van der Waals surface area contributed by atoms with Gasteiger partial charge in [0, 0.05) is 41.2 Å². The highest BCUT2D eigenvalue weighted by Gasteiger charge is 2.27. The van der Waals surface area contributed by atoms with Gasteiger partial charge >= 0.3 is 6.09 Å². The molecule has 8 heteroatoms. The summed E-state index contributed by atoms with van der Waals surface area (Å²) in [5.74, 6) is 0.303. The topological polar surface area (TPSA) is 71.5 Å². The molecule has 1 aromatic heterocycles. The van der Waals surface area contributed by atoms with E-state index >= 15 is 0 Å². The van der Waals surface area contributed by atoms with E-state index in [1.165, 1.54) is 0 Å². The van der Waals surface area contributed by atoms with Gasteiger partial charge in [0.15, 0.2) is 4.34 Å². The van der Waals surface area contributed by atoms with Gasteiger partial charge in [0.1, 0.15) is 5.60 Å². The lowest BCUT2D eigenvalue weighted by Crippen LogP contribution is -2.42. The molecule has 2 heterocycles. The Morgan fingerprint density at radius 1 is 1.26 bits per heavy atom. The molecule has 31 heavy (non-hydrogen) atoms. The molecule has 1 aliphatic rings. The molecule has 168 valence electrons. The summed E-state index contributed by atoms with van der Waals surface area (Å²) in [6.45, 7) is 10.9.